The summed E-state index contributed by atoms with van der Waals surface area (Å²) in [7, 11) is 0. The lowest BCUT2D eigenvalue weighted by Gasteiger charge is -2.19. The SMILES string of the molecule is C=C(NC(=O)c1cccc(F)c1)[C@H]1C(=O)C[C@H]2[C@@H]1C2(C)C. The maximum Gasteiger partial charge on any atom is 0.255 e. The molecule has 1 aromatic rings. The van der Waals surface area contributed by atoms with E-state index in [0.29, 0.717) is 18.0 Å². The number of hydrogen-bond donors (Lipinski definition) is 1. The van der Waals surface area contributed by atoms with Crippen LogP contribution in [0, 0.1) is 29.0 Å². The summed E-state index contributed by atoms with van der Waals surface area (Å²) < 4.78 is 13.1. The van der Waals surface area contributed by atoms with Crippen LogP contribution in [0.15, 0.2) is 36.5 Å². The second-order valence-corrected chi connectivity index (χ2v) is 6.59. The minimum Gasteiger partial charge on any atom is -0.326 e. The molecule has 0 aliphatic heterocycles. The number of amides is 1. The molecule has 1 amide bonds. The Hall–Kier alpha value is -1.97. The molecule has 2 aliphatic carbocycles. The summed E-state index contributed by atoms with van der Waals surface area (Å²) >= 11 is 0. The summed E-state index contributed by atoms with van der Waals surface area (Å²) in [5.41, 5.74) is 0.811. The van der Waals surface area contributed by atoms with Gasteiger partial charge < -0.3 is 5.32 Å². The Labute approximate surface area is 123 Å². The molecule has 0 spiro atoms. The third kappa shape index (κ3) is 2.19. The van der Waals surface area contributed by atoms with E-state index in [1.807, 2.05) is 0 Å². The number of benzene rings is 1. The van der Waals surface area contributed by atoms with E-state index < -0.39 is 11.7 Å². The van der Waals surface area contributed by atoms with Gasteiger partial charge in [0.15, 0.2) is 0 Å². The summed E-state index contributed by atoms with van der Waals surface area (Å²) in [4.78, 5) is 24.1. The average Bonchev–Trinajstić information content (AvgIpc) is 2.78. The first-order valence-corrected chi connectivity index (χ1v) is 7.11. The Bertz CT molecular complexity index is 650. The molecule has 21 heavy (non-hydrogen) atoms. The normalized spacial score (nSPS) is 28.9. The largest absolute Gasteiger partial charge is 0.326 e. The van der Waals surface area contributed by atoms with Crippen LogP contribution in [0.2, 0.25) is 0 Å². The van der Waals surface area contributed by atoms with Crippen LogP contribution in [0.3, 0.4) is 0 Å². The van der Waals surface area contributed by atoms with E-state index in [-0.39, 0.29) is 28.6 Å². The van der Waals surface area contributed by atoms with Crippen LogP contribution in [0.1, 0.15) is 30.6 Å². The highest BCUT2D eigenvalue weighted by molar-refractivity contribution is 5.97. The number of ketones is 1. The van der Waals surface area contributed by atoms with Crippen molar-refractivity contribution in [2.75, 3.05) is 0 Å². The zero-order chi connectivity index (χ0) is 15.4. The molecule has 0 aromatic heterocycles. The summed E-state index contributed by atoms with van der Waals surface area (Å²) in [6.45, 7) is 8.16. The van der Waals surface area contributed by atoms with Gasteiger partial charge in [0.25, 0.3) is 5.91 Å². The first kappa shape index (κ1) is 14.0. The topological polar surface area (TPSA) is 46.2 Å². The molecule has 4 heteroatoms. The van der Waals surface area contributed by atoms with Crippen LogP contribution < -0.4 is 5.32 Å². The van der Waals surface area contributed by atoms with Crippen molar-refractivity contribution in [3.05, 3.63) is 47.9 Å². The van der Waals surface area contributed by atoms with Gasteiger partial charge in [-0.2, -0.15) is 0 Å². The standard InChI is InChI=1S/C17H18FNO2/c1-9(14-13(20)8-12-15(14)17(12,2)3)19-16(21)10-5-4-6-11(18)7-10/h4-7,12,14-15H,1,8H2,2-3H3,(H,19,21)/t12-,14-,15-/m0/s1. The van der Waals surface area contributed by atoms with Crippen molar-refractivity contribution in [2.24, 2.45) is 23.2 Å². The lowest BCUT2D eigenvalue weighted by atomic mass is 9.89. The van der Waals surface area contributed by atoms with Gasteiger partial charge in [-0.25, -0.2) is 4.39 Å². The third-order valence-corrected chi connectivity index (χ3v) is 5.00. The van der Waals surface area contributed by atoms with E-state index in [1.54, 1.807) is 0 Å². The molecular formula is C17H18FNO2. The van der Waals surface area contributed by atoms with Crippen LogP contribution >= 0.6 is 0 Å². The number of Topliss-reactive ketones (excluding diaryl/α,β-unsaturated/α-hetero) is 1. The Morgan fingerprint density at radius 2 is 2.14 bits per heavy atom. The second-order valence-electron chi connectivity index (χ2n) is 6.59. The maximum absolute atomic E-state index is 13.1. The maximum atomic E-state index is 13.1. The van der Waals surface area contributed by atoms with Crippen molar-refractivity contribution in [3.8, 4) is 0 Å². The van der Waals surface area contributed by atoms with Gasteiger partial charge in [-0.3, -0.25) is 9.59 Å². The fourth-order valence-corrected chi connectivity index (χ4v) is 3.72. The predicted octanol–water partition coefficient (Wildman–Crippen LogP) is 2.93. The van der Waals surface area contributed by atoms with E-state index >= 15 is 0 Å². The molecule has 1 aromatic carbocycles. The Morgan fingerprint density at radius 1 is 1.43 bits per heavy atom. The van der Waals surface area contributed by atoms with Crippen molar-refractivity contribution in [1.82, 2.24) is 5.32 Å². The number of hydrogen-bond acceptors (Lipinski definition) is 2. The monoisotopic (exact) mass is 287 g/mol. The third-order valence-electron chi connectivity index (χ3n) is 5.00. The fourth-order valence-electron chi connectivity index (χ4n) is 3.72. The fraction of sp³-hybridized carbons (Fsp3) is 0.412. The highest BCUT2D eigenvalue weighted by atomic mass is 19.1. The Morgan fingerprint density at radius 3 is 2.76 bits per heavy atom. The van der Waals surface area contributed by atoms with Gasteiger partial charge in [-0.05, 0) is 35.4 Å². The van der Waals surface area contributed by atoms with E-state index in [9.17, 15) is 14.0 Å². The number of allylic oxidation sites excluding steroid dienone is 1. The Kier molecular flexibility index (Phi) is 3.01. The van der Waals surface area contributed by atoms with E-state index in [2.05, 4.69) is 25.7 Å². The minimum absolute atomic E-state index is 0.144. The second kappa shape index (κ2) is 4.52. The van der Waals surface area contributed by atoms with Crippen LogP contribution in [0.4, 0.5) is 4.39 Å². The van der Waals surface area contributed by atoms with Crippen LogP contribution in [-0.4, -0.2) is 11.7 Å². The first-order valence-electron chi connectivity index (χ1n) is 7.11. The van der Waals surface area contributed by atoms with Gasteiger partial charge >= 0.3 is 0 Å². The average molecular weight is 287 g/mol. The number of carbonyl (C=O) groups is 2. The number of halogens is 1. The molecule has 1 N–H and O–H groups in total. The molecule has 3 nitrogen and oxygen atoms in total. The molecule has 0 radical (unpaired) electrons. The number of nitrogens with one attached hydrogen (secondary N) is 1. The van der Waals surface area contributed by atoms with Crippen LogP contribution in [0.25, 0.3) is 0 Å². The Balaban J connectivity index is 1.72. The summed E-state index contributed by atoms with van der Waals surface area (Å²) in [6, 6.07) is 5.46. The number of fused-ring (bicyclic) bond motifs is 1. The zero-order valence-corrected chi connectivity index (χ0v) is 12.2. The van der Waals surface area contributed by atoms with Crippen molar-refractivity contribution in [1.29, 1.82) is 0 Å². The van der Waals surface area contributed by atoms with Crippen LogP contribution in [-0.2, 0) is 4.79 Å². The lowest BCUT2D eigenvalue weighted by Crippen LogP contribution is -2.31. The van der Waals surface area contributed by atoms with E-state index in [4.69, 9.17) is 0 Å². The van der Waals surface area contributed by atoms with Gasteiger partial charge in [0.05, 0.1) is 5.92 Å². The van der Waals surface area contributed by atoms with Crippen molar-refractivity contribution in [2.45, 2.75) is 20.3 Å². The molecule has 2 aliphatic rings. The van der Waals surface area contributed by atoms with Crippen molar-refractivity contribution < 1.29 is 14.0 Å². The summed E-state index contributed by atoms with van der Waals surface area (Å²) in [6.07, 6.45) is 0.567. The van der Waals surface area contributed by atoms with E-state index in [1.165, 1.54) is 24.3 Å². The lowest BCUT2D eigenvalue weighted by molar-refractivity contribution is -0.121. The van der Waals surface area contributed by atoms with Gasteiger partial charge in [0.1, 0.15) is 11.6 Å². The highest BCUT2D eigenvalue weighted by Crippen LogP contribution is 2.68. The molecule has 2 fully saturated rings. The quantitative estimate of drug-likeness (QED) is 0.929. The molecule has 110 valence electrons. The molecule has 0 heterocycles. The first-order chi connectivity index (χ1) is 9.82. The van der Waals surface area contributed by atoms with E-state index in [0.717, 1.165) is 0 Å². The molecule has 3 rings (SSSR count). The van der Waals surface area contributed by atoms with Gasteiger partial charge in [-0.15, -0.1) is 0 Å². The zero-order valence-electron chi connectivity index (χ0n) is 12.2. The minimum atomic E-state index is -0.464. The molecule has 2 saturated carbocycles. The molecule has 0 unspecified atom stereocenters. The van der Waals surface area contributed by atoms with Gasteiger partial charge in [0.2, 0.25) is 0 Å². The van der Waals surface area contributed by atoms with Gasteiger partial charge in [0, 0.05) is 17.7 Å². The predicted molar refractivity (Wildman–Crippen MR) is 76.9 cm³/mol. The number of carbonyl (C=O) groups excluding carboxylic acids is 2. The van der Waals surface area contributed by atoms with Crippen LogP contribution in [0.5, 0.6) is 0 Å². The van der Waals surface area contributed by atoms with Gasteiger partial charge in [-0.1, -0.05) is 26.5 Å². The smallest absolute Gasteiger partial charge is 0.255 e. The highest BCUT2D eigenvalue weighted by Gasteiger charge is 2.67. The summed E-state index contributed by atoms with van der Waals surface area (Å²) in [5.74, 6) is -0.373. The van der Waals surface area contributed by atoms with Crippen molar-refractivity contribution >= 4 is 11.7 Å². The van der Waals surface area contributed by atoms with Crippen molar-refractivity contribution in [3.63, 3.8) is 0 Å². The number of rotatable bonds is 3. The molecule has 0 saturated heterocycles. The molecular weight excluding hydrogens is 269 g/mol. The molecule has 0 bridgehead atoms. The summed E-state index contributed by atoms with van der Waals surface area (Å²) in [5, 5.41) is 2.67. The molecule has 3 atom stereocenters.